The van der Waals surface area contributed by atoms with E-state index < -0.39 is 0 Å². The van der Waals surface area contributed by atoms with Crippen molar-refractivity contribution in [2.75, 3.05) is 4.90 Å². The molecule has 1 amide bonds. The summed E-state index contributed by atoms with van der Waals surface area (Å²) in [6.07, 6.45) is 2.10. The molecule has 1 aromatic heterocycles. The minimum Gasteiger partial charge on any atom is -0.309 e. The van der Waals surface area contributed by atoms with Crippen LogP contribution in [0.2, 0.25) is 0 Å². The van der Waals surface area contributed by atoms with Gasteiger partial charge in [0.25, 0.3) is 0 Å². The lowest BCUT2D eigenvalue weighted by Gasteiger charge is -2.22. The standard InChI is InChI=1S/C22H25N3O2/c1-3-13-23-19-10-6-7-11-20(19)24(22(23)27)14-12-21(26)25-16(2)15-17-8-4-5-9-18(17)25/h4-11,16H,3,12-15H2,1-2H3. The fourth-order valence-corrected chi connectivity index (χ4v) is 4.20. The van der Waals surface area contributed by atoms with Crippen molar-refractivity contribution >= 4 is 22.6 Å². The van der Waals surface area contributed by atoms with E-state index in [1.807, 2.05) is 51.9 Å². The van der Waals surface area contributed by atoms with Gasteiger partial charge in [0.05, 0.1) is 11.0 Å². The van der Waals surface area contributed by atoms with Crippen LogP contribution >= 0.6 is 0 Å². The second kappa shape index (κ2) is 7.06. The SMILES string of the molecule is CCCn1c(=O)n(CCC(=O)N2c3ccccc3CC2C)c2ccccc21. The van der Waals surface area contributed by atoms with Crippen molar-refractivity contribution in [1.29, 1.82) is 0 Å². The van der Waals surface area contributed by atoms with Crippen LogP contribution in [-0.2, 0) is 24.3 Å². The smallest absolute Gasteiger partial charge is 0.309 e. The number of amides is 1. The lowest BCUT2D eigenvalue weighted by molar-refractivity contribution is -0.119. The second-order valence-corrected chi connectivity index (χ2v) is 7.27. The maximum Gasteiger partial charge on any atom is 0.329 e. The van der Waals surface area contributed by atoms with Gasteiger partial charge in [0.1, 0.15) is 0 Å². The van der Waals surface area contributed by atoms with E-state index in [4.69, 9.17) is 0 Å². The van der Waals surface area contributed by atoms with Crippen LogP contribution in [0.4, 0.5) is 5.69 Å². The van der Waals surface area contributed by atoms with Gasteiger partial charge in [-0.1, -0.05) is 37.3 Å². The molecule has 5 heteroatoms. The average molecular weight is 363 g/mol. The van der Waals surface area contributed by atoms with E-state index in [0.29, 0.717) is 19.5 Å². The summed E-state index contributed by atoms with van der Waals surface area (Å²) < 4.78 is 3.56. The fourth-order valence-electron chi connectivity index (χ4n) is 4.20. The highest BCUT2D eigenvalue weighted by atomic mass is 16.2. The molecule has 1 aliphatic rings. The van der Waals surface area contributed by atoms with Gasteiger partial charge < -0.3 is 4.90 Å². The summed E-state index contributed by atoms with van der Waals surface area (Å²) in [6, 6.07) is 16.1. The van der Waals surface area contributed by atoms with Crippen LogP contribution in [-0.4, -0.2) is 21.1 Å². The van der Waals surface area contributed by atoms with Crippen molar-refractivity contribution in [3.8, 4) is 0 Å². The first-order valence-electron chi connectivity index (χ1n) is 9.70. The number of nitrogens with zero attached hydrogens (tertiary/aromatic N) is 3. The third kappa shape index (κ3) is 2.97. The molecular weight excluding hydrogens is 338 g/mol. The zero-order valence-electron chi connectivity index (χ0n) is 15.9. The zero-order chi connectivity index (χ0) is 19.0. The molecule has 0 spiro atoms. The molecule has 1 atom stereocenters. The second-order valence-electron chi connectivity index (χ2n) is 7.27. The van der Waals surface area contributed by atoms with Gasteiger partial charge in [-0.15, -0.1) is 0 Å². The average Bonchev–Trinajstić information content (AvgIpc) is 3.14. The summed E-state index contributed by atoms with van der Waals surface area (Å²) in [5.74, 6) is 0.0756. The predicted octanol–water partition coefficient (Wildman–Crippen LogP) is 3.58. The summed E-state index contributed by atoms with van der Waals surface area (Å²) in [7, 11) is 0. The van der Waals surface area contributed by atoms with E-state index in [9.17, 15) is 9.59 Å². The maximum absolute atomic E-state index is 13.0. The van der Waals surface area contributed by atoms with Gasteiger partial charge in [-0.05, 0) is 43.5 Å². The van der Waals surface area contributed by atoms with Crippen LogP contribution in [0.15, 0.2) is 53.3 Å². The Bertz CT molecular complexity index is 1050. The first-order chi connectivity index (χ1) is 13.1. The van der Waals surface area contributed by atoms with Crippen LogP contribution in [0.3, 0.4) is 0 Å². The number of fused-ring (bicyclic) bond motifs is 2. The molecule has 0 saturated carbocycles. The van der Waals surface area contributed by atoms with E-state index in [-0.39, 0.29) is 17.6 Å². The number of hydrogen-bond acceptors (Lipinski definition) is 2. The Kier molecular flexibility index (Phi) is 4.60. The highest BCUT2D eigenvalue weighted by Crippen LogP contribution is 2.32. The lowest BCUT2D eigenvalue weighted by atomic mass is 10.1. The van der Waals surface area contributed by atoms with Crippen LogP contribution in [0, 0.1) is 0 Å². The molecule has 0 saturated heterocycles. The number of para-hydroxylation sites is 3. The van der Waals surface area contributed by atoms with E-state index in [1.54, 1.807) is 4.57 Å². The minimum atomic E-state index is -0.0271. The number of aryl methyl sites for hydroxylation is 2. The number of carbonyl (C=O) groups is 1. The number of benzene rings is 2. The summed E-state index contributed by atoms with van der Waals surface area (Å²) in [5, 5.41) is 0. The molecule has 0 aliphatic carbocycles. The molecule has 5 nitrogen and oxygen atoms in total. The number of hydrogen-bond donors (Lipinski definition) is 0. The number of carbonyl (C=O) groups excluding carboxylic acids is 1. The molecule has 140 valence electrons. The van der Waals surface area contributed by atoms with Gasteiger partial charge in [0.2, 0.25) is 5.91 Å². The highest BCUT2D eigenvalue weighted by Gasteiger charge is 2.30. The number of imidazole rings is 1. The van der Waals surface area contributed by atoms with Crippen molar-refractivity contribution in [3.05, 3.63) is 64.6 Å². The Morgan fingerprint density at radius 1 is 1.00 bits per heavy atom. The molecule has 0 bridgehead atoms. The topological polar surface area (TPSA) is 47.2 Å². The quantitative estimate of drug-likeness (QED) is 0.696. The zero-order valence-corrected chi connectivity index (χ0v) is 15.9. The van der Waals surface area contributed by atoms with Crippen LogP contribution < -0.4 is 10.6 Å². The van der Waals surface area contributed by atoms with Gasteiger partial charge in [-0.2, -0.15) is 0 Å². The molecule has 4 rings (SSSR count). The third-order valence-electron chi connectivity index (χ3n) is 5.40. The summed E-state index contributed by atoms with van der Waals surface area (Å²) in [6.45, 7) is 5.24. The van der Waals surface area contributed by atoms with Crippen molar-refractivity contribution in [1.82, 2.24) is 9.13 Å². The molecule has 0 fully saturated rings. The molecule has 2 aromatic carbocycles. The fraction of sp³-hybridized carbons (Fsp3) is 0.364. The molecule has 3 aromatic rings. The van der Waals surface area contributed by atoms with Gasteiger partial charge >= 0.3 is 5.69 Å². The number of aromatic nitrogens is 2. The molecule has 27 heavy (non-hydrogen) atoms. The first kappa shape index (κ1) is 17.6. The van der Waals surface area contributed by atoms with Crippen LogP contribution in [0.1, 0.15) is 32.3 Å². The van der Waals surface area contributed by atoms with Gasteiger partial charge in [-0.25, -0.2) is 4.79 Å². The number of rotatable bonds is 5. The number of anilines is 1. The van der Waals surface area contributed by atoms with E-state index >= 15 is 0 Å². The van der Waals surface area contributed by atoms with Gasteiger partial charge in [0.15, 0.2) is 0 Å². The van der Waals surface area contributed by atoms with Crippen molar-refractivity contribution < 1.29 is 4.79 Å². The monoisotopic (exact) mass is 363 g/mol. The highest BCUT2D eigenvalue weighted by molar-refractivity contribution is 5.96. The molecule has 0 radical (unpaired) electrons. The summed E-state index contributed by atoms with van der Waals surface area (Å²) in [5.41, 5.74) is 4.04. The van der Waals surface area contributed by atoms with Gasteiger partial charge in [-0.3, -0.25) is 13.9 Å². The summed E-state index contributed by atoms with van der Waals surface area (Å²) in [4.78, 5) is 27.7. The third-order valence-corrected chi connectivity index (χ3v) is 5.40. The Morgan fingerprint density at radius 3 is 2.33 bits per heavy atom. The van der Waals surface area contributed by atoms with E-state index in [1.165, 1.54) is 5.56 Å². The van der Waals surface area contributed by atoms with E-state index in [0.717, 1.165) is 29.6 Å². The molecule has 2 heterocycles. The molecular formula is C22H25N3O2. The largest absolute Gasteiger partial charge is 0.329 e. The van der Waals surface area contributed by atoms with E-state index in [2.05, 4.69) is 19.9 Å². The maximum atomic E-state index is 13.0. The minimum absolute atomic E-state index is 0.0271. The Morgan fingerprint density at radius 2 is 1.63 bits per heavy atom. The first-order valence-corrected chi connectivity index (χ1v) is 9.70. The Hall–Kier alpha value is -2.82. The normalized spacial score (nSPS) is 16.1. The predicted molar refractivity (Wildman–Crippen MR) is 108 cm³/mol. The van der Waals surface area contributed by atoms with Crippen LogP contribution in [0.25, 0.3) is 11.0 Å². The summed E-state index contributed by atoms with van der Waals surface area (Å²) >= 11 is 0. The molecule has 1 aliphatic heterocycles. The van der Waals surface area contributed by atoms with Crippen molar-refractivity contribution in [2.45, 2.75) is 52.2 Å². The molecule has 0 N–H and O–H groups in total. The van der Waals surface area contributed by atoms with Crippen molar-refractivity contribution in [2.24, 2.45) is 0 Å². The van der Waals surface area contributed by atoms with Crippen LogP contribution in [0.5, 0.6) is 0 Å². The van der Waals surface area contributed by atoms with Crippen molar-refractivity contribution in [3.63, 3.8) is 0 Å². The Labute approximate surface area is 158 Å². The Balaban J connectivity index is 1.60. The molecule has 1 unspecified atom stereocenters. The lowest BCUT2D eigenvalue weighted by Crippen LogP contribution is -2.36. The van der Waals surface area contributed by atoms with Gasteiger partial charge in [0, 0.05) is 31.2 Å².